The lowest BCUT2D eigenvalue weighted by Gasteiger charge is -2.38. The molecule has 0 aliphatic carbocycles. The van der Waals surface area contributed by atoms with E-state index < -0.39 is 27.0 Å². The molecule has 8 nitrogen and oxygen atoms in total. The largest absolute Gasteiger partial charge is 0.397 e. The Morgan fingerprint density at radius 2 is 2.07 bits per heavy atom. The molecule has 1 aliphatic heterocycles. The van der Waals surface area contributed by atoms with E-state index in [0.29, 0.717) is 0 Å². The number of imide groups is 1. The van der Waals surface area contributed by atoms with Crippen LogP contribution in [0.5, 0.6) is 0 Å². The summed E-state index contributed by atoms with van der Waals surface area (Å²) >= 11 is 2.69. The van der Waals surface area contributed by atoms with Gasteiger partial charge in [0.05, 0.1) is 4.92 Å². The summed E-state index contributed by atoms with van der Waals surface area (Å²) in [6, 6.07) is -0.846. The molecule has 84 valence electrons. The van der Waals surface area contributed by atoms with Crippen molar-refractivity contribution in [3.05, 3.63) is 10.1 Å². The van der Waals surface area contributed by atoms with Gasteiger partial charge in [0, 0.05) is 23.0 Å². The van der Waals surface area contributed by atoms with E-state index in [4.69, 9.17) is 4.74 Å². The lowest BCUT2D eigenvalue weighted by atomic mass is 10.0. The molecule has 2 N–H and O–H groups in total. The van der Waals surface area contributed by atoms with Crippen LogP contribution in [0.4, 0.5) is 4.79 Å². The molecule has 1 aliphatic rings. The monoisotopic (exact) mass is 281 g/mol. The van der Waals surface area contributed by atoms with E-state index >= 15 is 0 Å². The number of urea groups is 1. The van der Waals surface area contributed by atoms with E-state index in [2.05, 4.69) is 21.2 Å². The van der Waals surface area contributed by atoms with Crippen LogP contribution in [0.3, 0.4) is 0 Å². The fourth-order valence-corrected chi connectivity index (χ4v) is 1.54. The molecule has 0 radical (unpaired) electrons. The molecule has 1 fully saturated rings. The van der Waals surface area contributed by atoms with Gasteiger partial charge in [-0.25, -0.2) is 4.79 Å². The minimum atomic E-state index is -2.25. The van der Waals surface area contributed by atoms with Crippen LogP contribution in [0.25, 0.3) is 0 Å². The summed E-state index contributed by atoms with van der Waals surface area (Å²) in [5.74, 6) is -1.08. The minimum absolute atomic E-state index is 0.846. The molecule has 0 saturated carbocycles. The number of alkyl halides is 1. The molecule has 0 aromatic carbocycles. The van der Waals surface area contributed by atoms with E-state index in [0.717, 1.165) is 7.11 Å². The summed E-state index contributed by atoms with van der Waals surface area (Å²) in [7, 11) is 1.15. The molecule has 1 rings (SSSR count). The first kappa shape index (κ1) is 11.9. The predicted octanol–water partition coefficient (Wildman–Crippen LogP) is -0.444. The average Bonchev–Trinajstić information content (AvgIpc) is 2.13. The summed E-state index contributed by atoms with van der Waals surface area (Å²) in [5, 5.41) is 14.8. The number of nitrogens with zero attached hydrogens (tertiary/aromatic N) is 1. The Morgan fingerprint density at radius 3 is 2.47 bits per heavy atom. The van der Waals surface area contributed by atoms with E-state index in [1.54, 1.807) is 5.32 Å². The number of amides is 3. The van der Waals surface area contributed by atoms with Crippen molar-refractivity contribution in [3.63, 3.8) is 0 Å². The van der Waals surface area contributed by atoms with Crippen LogP contribution in [-0.4, -0.2) is 34.1 Å². The van der Waals surface area contributed by atoms with Crippen LogP contribution in [0.15, 0.2) is 0 Å². The highest BCUT2D eigenvalue weighted by atomic mass is 79.9. The Bertz CT molecular complexity index is 348. The molecule has 3 amide bonds. The summed E-state index contributed by atoms with van der Waals surface area (Å²) in [6.07, 6.45) is 0. The predicted molar refractivity (Wildman–Crippen MR) is 50.7 cm³/mol. The van der Waals surface area contributed by atoms with E-state index in [-0.39, 0.29) is 0 Å². The first-order valence-electron chi connectivity index (χ1n) is 3.80. The molecule has 2 atom stereocenters. The van der Waals surface area contributed by atoms with Gasteiger partial charge in [-0.3, -0.25) is 20.2 Å². The van der Waals surface area contributed by atoms with Gasteiger partial charge in [0.1, 0.15) is 0 Å². The van der Waals surface area contributed by atoms with Gasteiger partial charge >= 0.3 is 16.4 Å². The number of ether oxygens (including phenoxy) is 1. The van der Waals surface area contributed by atoms with Gasteiger partial charge in [0.2, 0.25) is 5.72 Å². The third-order valence-corrected chi connectivity index (χ3v) is 3.58. The van der Waals surface area contributed by atoms with Crippen LogP contribution in [0, 0.1) is 10.1 Å². The zero-order valence-electron chi connectivity index (χ0n) is 7.87. The smallest absolute Gasteiger partial charge is 0.351 e. The highest BCUT2D eigenvalue weighted by Crippen LogP contribution is 2.35. The van der Waals surface area contributed by atoms with Gasteiger partial charge < -0.3 is 10.1 Å². The third-order valence-electron chi connectivity index (χ3n) is 2.17. The van der Waals surface area contributed by atoms with Crippen LogP contribution < -0.4 is 10.6 Å². The molecule has 1 saturated heterocycles. The van der Waals surface area contributed by atoms with Gasteiger partial charge in [-0.1, -0.05) is 0 Å². The van der Waals surface area contributed by atoms with Gasteiger partial charge in [0.15, 0.2) is 0 Å². The fraction of sp³-hybridized carbons (Fsp3) is 0.667. The van der Waals surface area contributed by atoms with Crippen molar-refractivity contribution in [3.8, 4) is 0 Å². The molecule has 2 unspecified atom stereocenters. The molecule has 0 aromatic rings. The Hall–Kier alpha value is -1.22. The third kappa shape index (κ3) is 1.47. The number of hydrogen-bond acceptors (Lipinski definition) is 5. The number of nitro groups is 1. The number of nitrogens with one attached hydrogen (secondary N) is 2. The fourth-order valence-electron chi connectivity index (χ4n) is 1.18. The van der Waals surface area contributed by atoms with Crippen molar-refractivity contribution >= 4 is 27.9 Å². The highest BCUT2D eigenvalue weighted by molar-refractivity contribution is 9.10. The molecule has 15 heavy (non-hydrogen) atoms. The Labute approximate surface area is 92.6 Å². The second-order valence-electron chi connectivity index (χ2n) is 3.02. The van der Waals surface area contributed by atoms with Gasteiger partial charge in [-0.2, -0.15) is 0 Å². The number of hydrogen-bond donors (Lipinski definition) is 2. The first-order chi connectivity index (χ1) is 6.78. The maximum atomic E-state index is 11.4. The zero-order valence-corrected chi connectivity index (χ0v) is 9.45. The first-order valence-corrected chi connectivity index (χ1v) is 4.59. The average molecular weight is 282 g/mol. The Kier molecular flexibility index (Phi) is 2.70. The molecule has 0 bridgehead atoms. The highest BCUT2D eigenvalue weighted by Gasteiger charge is 2.68. The van der Waals surface area contributed by atoms with Crippen molar-refractivity contribution in [2.45, 2.75) is 17.1 Å². The van der Waals surface area contributed by atoms with Gasteiger partial charge in [-0.05, 0) is 6.92 Å². The van der Waals surface area contributed by atoms with Crippen LogP contribution >= 0.6 is 15.9 Å². The Balaban J connectivity index is 3.26. The summed E-state index contributed by atoms with van der Waals surface area (Å²) in [5.41, 5.74) is -1.75. The molecular formula is C6H8BrN3O5. The standard InChI is InChI=1S/C6H8BrN3O5/c1-5(15-2)6(7,10(13)14)3(11)8-4(12)9-5/h1-2H3,(H2,8,9,11,12). The normalized spacial score (nSPS) is 35.7. The minimum Gasteiger partial charge on any atom is -0.351 e. The summed E-state index contributed by atoms with van der Waals surface area (Å²) in [4.78, 5) is 32.4. The van der Waals surface area contributed by atoms with Crippen LogP contribution in [0.2, 0.25) is 0 Å². The van der Waals surface area contributed by atoms with E-state index in [1.165, 1.54) is 6.92 Å². The maximum Gasteiger partial charge on any atom is 0.397 e. The molecule has 0 spiro atoms. The van der Waals surface area contributed by atoms with Crippen molar-refractivity contribution < 1.29 is 19.2 Å². The lowest BCUT2D eigenvalue weighted by molar-refractivity contribution is -0.545. The summed E-state index contributed by atoms with van der Waals surface area (Å²) in [6.45, 7) is 1.22. The van der Waals surface area contributed by atoms with Gasteiger partial charge in [0.25, 0.3) is 0 Å². The van der Waals surface area contributed by atoms with Crippen LogP contribution in [-0.2, 0) is 9.53 Å². The Morgan fingerprint density at radius 1 is 1.53 bits per heavy atom. The number of methoxy groups -OCH3 is 1. The molecular weight excluding hydrogens is 274 g/mol. The second-order valence-corrected chi connectivity index (χ2v) is 4.17. The number of rotatable bonds is 2. The zero-order chi connectivity index (χ0) is 11.9. The SMILES string of the molecule is COC1(C)NC(=O)NC(=O)C1(Br)[N+](=O)[O-]. The molecule has 0 aromatic heterocycles. The van der Waals surface area contributed by atoms with Gasteiger partial charge in [-0.15, -0.1) is 0 Å². The van der Waals surface area contributed by atoms with E-state index in [1.807, 2.05) is 0 Å². The maximum absolute atomic E-state index is 11.4. The van der Waals surface area contributed by atoms with Crippen molar-refractivity contribution in [1.82, 2.24) is 10.6 Å². The topological polar surface area (TPSA) is 111 Å². The van der Waals surface area contributed by atoms with Crippen molar-refractivity contribution in [2.75, 3.05) is 7.11 Å². The lowest BCUT2D eigenvalue weighted by Crippen LogP contribution is -2.76. The van der Waals surface area contributed by atoms with E-state index in [9.17, 15) is 19.7 Å². The number of carbonyl (C=O) groups excluding carboxylic acids is 2. The van der Waals surface area contributed by atoms with Crippen molar-refractivity contribution in [1.29, 1.82) is 0 Å². The number of carbonyl (C=O) groups is 2. The van der Waals surface area contributed by atoms with Crippen LogP contribution in [0.1, 0.15) is 6.92 Å². The summed E-state index contributed by atoms with van der Waals surface area (Å²) < 4.78 is 2.57. The van der Waals surface area contributed by atoms with Crippen molar-refractivity contribution in [2.24, 2.45) is 0 Å². The molecule has 1 heterocycles. The molecule has 9 heteroatoms. The quantitative estimate of drug-likeness (QED) is 0.308. The number of halogens is 1. The second kappa shape index (κ2) is 3.42.